The molecule has 0 aromatic heterocycles. The molecule has 2 heterocycles. The van der Waals surface area contributed by atoms with Gasteiger partial charge in [-0.15, -0.1) is 0 Å². The van der Waals surface area contributed by atoms with E-state index in [4.69, 9.17) is 9.47 Å². The molecule has 24 heavy (non-hydrogen) atoms. The molecule has 0 saturated carbocycles. The first-order valence-corrected chi connectivity index (χ1v) is 8.81. The third-order valence-corrected chi connectivity index (χ3v) is 4.67. The lowest BCUT2D eigenvalue weighted by atomic mass is 10.2. The van der Waals surface area contributed by atoms with Gasteiger partial charge in [0.2, 0.25) is 0 Å². The number of para-hydroxylation sites is 1. The summed E-state index contributed by atoms with van der Waals surface area (Å²) in [4.78, 5) is 4.27. The number of nitrogens with zero attached hydrogens (tertiary/aromatic N) is 2. The van der Waals surface area contributed by atoms with Gasteiger partial charge < -0.3 is 19.5 Å². The number of anilines is 1. The molecule has 0 bridgehead atoms. The highest BCUT2D eigenvalue weighted by Crippen LogP contribution is 2.20. The lowest BCUT2D eigenvalue weighted by Crippen LogP contribution is -2.49. The number of rotatable bonds is 7. The number of ether oxygens (including phenoxy) is 2. The number of hydrogen-bond acceptors (Lipinski definition) is 5. The van der Waals surface area contributed by atoms with Gasteiger partial charge >= 0.3 is 0 Å². The molecule has 134 valence electrons. The van der Waals surface area contributed by atoms with Crippen LogP contribution in [-0.4, -0.2) is 74.8 Å². The Hall–Kier alpha value is -1.21. The average molecular weight is 338 g/mol. The van der Waals surface area contributed by atoms with Crippen molar-refractivity contribution in [1.82, 2.24) is 4.90 Å². The highest BCUT2D eigenvalue weighted by atomic mass is 19.1. The fourth-order valence-corrected chi connectivity index (χ4v) is 3.34. The van der Waals surface area contributed by atoms with Crippen molar-refractivity contribution in [2.75, 3.05) is 57.4 Å². The first-order valence-electron chi connectivity index (χ1n) is 8.81. The van der Waals surface area contributed by atoms with E-state index in [1.54, 1.807) is 6.07 Å². The maximum absolute atomic E-state index is 13.8. The first-order chi connectivity index (χ1) is 11.7. The maximum Gasteiger partial charge on any atom is 0.146 e. The number of piperazine rings is 1. The number of aliphatic hydroxyl groups excluding tert-OH is 1. The number of aliphatic hydroxyl groups is 1. The Morgan fingerprint density at radius 2 is 2.04 bits per heavy atom. The van der Waals surface area contributed by atoms with Gasteiger partial charge in [-0.3, -0.25) is 4.90 Å². The topological polar surface area (TPSA) is 45.2 Å². The zero-order chi connectivity index (χ0) is 16.8. The van der Waals surface area contributed by atoms with E-state index in [1.165, 1.54) is 6.07 Å². The Kier molecular flexibility index (Phi) is 6.43. The van der Waals surface area contributed by atoms with Gasteiger partial charge in [0.25, 0.3) is 0 Å². The molecular weight excluding hydrogens is 311 g/mol. The van der Waals surface area contributed by atoms with Gasteiger partial charge in [0, 0.05) is 39.3 Å². The van der Waals surface area contributed by atoms with Crippen LogP contribution in [0.4, 0.5) is 10.1 Å². The molecule has 0 spiro atoms. The van der Waals surface area contributed by atoms with Crippen LogP contribution in [0.3, 0.4) is 0 Å². The second-order valence-electron chi connectivity index (χ2n) is 6.57. The van der Waals surface area contributed by atoms with Crippen LogP contribution in [0.15, 0.2) is 24.3 Å². The molecule has 1 aromatic rings. The van der Waals surface area contributed by atoms with Gasteiger partial charge in [0.1, 0.15) is 5.82 Å². The summed E-state index contributed by atoms with van der Waals surface area (Å²) < 4.78 is 24.9. The number of halogens is 1. The van der Waals surface area contributed by atoms with Crippen molar-refractivity contribution in [3.63, 3.8) is 0 Å². The summed E-state index contributed by atoms with van der Waals surface area (Å²) in [5.41, 5.74) is 0.664. The molecular formula is C18H27FN2O3. The predicted octanol–water partition coefficient (Wildman–Crippen LogP) is 1.50. The van der Waals surface area contributed by atoms with Gasteiger partial charge in [0.05, 0.1) is 31.1 Å². The number of β-amino-alcohol motifs (C(OH)–C–C–N with tert-alkyl or cyclic N) is 1. The fraction of sp³-hybridized carbons (Fsp3) is 0.667. The molecule has 5 nitrogen and oxygen atoms in total. The summed E-state index contributed by atoms with van der Waals surface area (Å²) in [6.45, 7) is 5.49. The Bertz CT molecular complexity index is 503. The molecule has 0 unspecified atom stereocenters. The van der Waals surface area contributed by atoms with Crippen molar-refractivity contribution in [2.24, 2.45) is 0 Å². The minimum absolute atomic E-state index is 0.173. The van der Waals surface area contributed by atoms with Crippen LogP contribution in [0.1, 0.15) is 12.8 Å². The van der Waals surface area contributed by atoms with Crippen molar-refractivity contribution >= 4 is 5.69 Å². The van der Waals surface area contributed by atoms with Crippen molar-refractivity contribution in [1.29, 1.82) is 0 Å². The molecule has 1 N–H and O–H groups in total. The summed E-state index contributed by atoms with van der Waals surface area (Å²) in [5, 5.41) is 10.1. The van der Waals surface area contributed by atoms with E-state index < -0.39 is 6.10 Å². The summed E-state index contributed by atoms with van der Waals surface area (Å²) in [5.74, 6) is -0.173. The molecule has 2 aliphatic rings. The van der Waals surface area contributed by atoms with E-state index in [-0.39, 0.29) is 11.9 Å². The van der Waals surface area contributed by atoms with Gasteiger partial charge in [-0.2, -0.15) is 0 Å². The van der Waals surface area contributed by atoms with Gasteiger partial charge in [0.15, 0.2) is 0 Å². The minimum atomic E-state index is -0.494. The largest absolute Gasteiger partial charge is 0.389 e. The molecule has 0 amide bonds. The molecule has 3 rings (SSSR count). The highest BCUT2D eigenvalue weighted by molar-refractivity contribution is 5.47. The Morgan fingerprint density at radius 3 is 2.75 bits per heavy atom. The molecule has 2 aliphatic heterocycles. The van der Waals surface area contributed by atoms with Crippen molar-refractivity contribution in [3.05, 3.63) is 30.1 Å². The molecule has 0 aliphatic carbocycles. The minimum Gasteiger partial charge on any atom is -0.389 e. The normalized spacial score (nSPS) is 23.6. The quantitative estimate of drug-likeness (QED) is 0.816. The zero-order valence-corrected chi connectivity index (χ0v) is 14.1. The van der Waals surface area contributed by atoms with Gasteiger partial charge in [-0.05, 0) is 25.0 Å². The molecule has 0 radical (unpaired) electrons. The molecule has 2 fully saturated rings. The highest BCUT2D eigenvalue weighted by Gasteiger charge is 2.21. The monoisotopic (exact) mass is 338 g/mol. The smallest absolute Gasteiger partial charge is 0.146 e. The van der Waals surface area contributed by atoms with Crippen molar-refractivity contribution < 1.29 is 19.0 Å². The Balaban J connectivity index is 1.35. The van der Waals surface area contributed by atoms with E-state index in [9.17, 15) is 9.50 Å². The average Bonchev–Trinajstić information content (AvgIpc) is 3.10. The summed E-state index contributed by atoms with van der Waals surface area (Å²) in [6, 6.07) is 6.89. The second-order valence-corrected chi connectivity index (χ2v) is 6.57. The standard InChI is InChI=1S/C18H27FN2O3/c19-17-5-1-2-6-18(17)21-9-7-20(8-10-21)12-15(22)13-23-14-16-4-3-11-24-16/h1-2,5-6,15-16,22H,3-4,7-14H2/t15-,16-/m0/s1. The lowest BCUT2D eigenvalue weighted by Gasteiger charge is -2.37. The maximum atomic E-state index is 13.8. The molecule has 6 heteroatoms. The summed E-state index contributed by atoms with van der Waals surface area (Å²) >= 11 is 0. The Morgan fingerprint density at radius 1 is 1.25 bits per heavy atom. The van der Waals surface area contributed by atoms with Crippen LogP contribution in [0.2, 0.25) is 0 Å². The SMILES string of the molecule is O[C@H](COC[C@@H]1CCCO1)CN1CCN(c2ccccc2F)CC1. The zero-order valence-electron chi connectivity index (χ0n) is 14.1. The van der Waals surface area contributed by atoms with Crippen LogP contribution < -0.4 is 4.90 Å². The van der Waals surface area contributed by atoms with Crippen LogP contribution in [0, 0.1) is 5.82 Å². The van der Waals surface area contributed by atoms with Crippen LogP contribution in [-0.2, 0) is 9.47 Å². The number of hydrogen-bond donors (Lipinski definition) is 1. The van der Waals surface area contributed by atoms with E-state index in [0.29, 0.717) is 25.4 Å². The predicted molar refractivity (Wildman–Crippen MR) is 90.9 cm³/mol. The van der Waals surface area contributed by atoms with E-state index in [1.807, 2.05) is 12.1 Å². The lowest BCUT2D eigenvalue weighted by molar-refractivity contribution is -0.0254. The third-order valence-electron chi connectivity index (χ3n) is 4.67. The van der Waals surface area contributed by atoms with Crippen molar-refractivity contribution in [2.45, 2.75) is 25.0 Å². The fourth-order valence-electron chi connectivity index (χ4n) is 3.34. The second kappa shape index (κ2) is 8.76. The van der Waals surface area contributed by atoms with E-state index in [2.05, 4.69) is 9.80 Å². The molecule has 2 atom stereocenters. The van der Waals surface area contributed by atoms with E-state index in [0.717, 1.165) is 45.6 Å². The van der Waals surface area contributed by atoms with Crippen LogP contribution in [0.5, 0.6) is 0 Å². The van der Waals surface area contributed by atoms with Crippen molar-refractivity contribution in [3.8, 4) is 0 Å². The summed E-state index contributed by atoms with van der Waals surface area (Å²) in [6.07, 6.45) is 1.85. The first kappa shape index (κ1) is 17.6. The van der Waals surface area contributed by atoms with Crippen LogP contribution >= 0.6 is 0 Å². The van der Waals surface area contributed by atoms with Crippen LogP contribution in [0.25, 0.3) is 0 Å². The third kappa shape index (κ3) is 4.89. The Labute approximate surface area is 143 Å². The van der Waals surface area contributed by atoms with Gasteiger partial charge in [-0.25, -0.2) is 4.39 Å². The summed E-state index contributed by atoms with van der Waals surface area (Å²) in [7, 11) is 0. The molecule has 2 saturated heterocycles. The molecule has 1 aromatic carbocycles. The number of benzene rings is 1. The van der Waals surface area contributed by atoms with E-state index >= 15 is 0 Å². The van der Waals surface area contributed by atoms with Gasteiger partial charge in [-0.1, -0.05) is 12.1 Å².